The quantitative estimate of drug-likeness (QED) is 0.479. The fourth-order valence-electron chi connectivity index (χ4n) is 1.10. The molecule has 0 atom stereocenters. The van der Waals surface area contributed by atoms with E-state index in [2.05, 4.69) is 10.7 Å². The van der Waals surface area contributed by atoms with Gasteiger partial charge in [-0.15, -0.1) is 6.42 Å². The average Bonchev–Trinajstić information content (AvgIpc) is 2.15. The third kappa shape index (κ3) is 2.09. The topological polar surface area (TPSA) is 26.3 Å². The van der Waals surface area contributed by atoms with Gasteiger partial charge in [0.2, 0.25) is 0 Å². The molecule has 0 bridgehead atoms. The fourth-order valence-corrected chi connectivity index (χ4v) is 1.10. The van der Waals surface area contributed by atoms with E-state index in [9.17, 15) is 4.79 Å². The summed E-state index contributed by atoms with van der Waals surface area (Å²) in [6.45, 7) is 1.88. The van der Waals surface area contributed by atoms with Gasteiger partial charge in [0.05, 0.1) is 12.7 Å². The van der Waals surface area contributed by atoms with Gasteiger partial charge >= 0.3 is 5.97 Å². The minimum absolute atomic E-state index is 0.361. The normalized spacial score (nSPS) is 9.00. The number of esters is 1. The molecule has 1 rings (SSSR count). The largest absolute Gasteiger partial charge is 0.465 e. The molecule has 0 fully saturated rings. The first-order valence-corrected chi connectivity index (χ1v) is 3.84. The Morgan fingerprint density at radius 3 is 2.69 bits per heavy atom. The summed E-state index contributed by atoms with van der Waals surface area (Å²) in [4.78, 5) is 11.1. The van der Waals surface area contributed by atoms with Crippen LogP contribution in [0.25, 0.3) is 0 Å². The van der Waals surface area contributed by atoms with E-state index in [0.717, 1.165) is 5.56 Å². The summed E-state index contributed by atoms with van der Waals surface area (Å²) in [5, 5.41) is 0. The molecule has 2 heteroatoms. The number of hydrogen-bond donors (Lipinski definition) is 0. The second-order valence-corrected chi connectivity index (χ2v) is 2.72. The van der Waals surface area contributed by atoms with Gasteiger partial charge in [-0.05, 0) is 30.7 Å². The lowest BCUT2D eigenvalue weighted by molar-refractivity contribution is 0.0600. The van der Waals surface area contributed by atoms with E-state index in [1.807, 2.05) is 13.0 Å². The van der Waals surface area contributed by atoms with Gasteiger partial charge in [-0.25, -0.2) is 4.79 Å². The van der Waals surface area contributed by atoms with Gasteiger partial charge < -0.3 is 4.74 Å². The van der Waals surface area contributed by atoms with Crippen LogP contribution in [0.15, 0.2) is 18.2 Å². The lowest BCUT2D eigenvalue weighted by atomic mass is 10.1. The third-order valence-electron chi connectivity index (χ3n) is 1.67. The van der Waals surface area contributed by atoms with Crippen LogP contribution in [-0.2, 0) is 4.74 Å². The summed E-state index contributed by atoms with van der Waals surface area (Å²) in [6.07, 6.45) is 5.23. The van der Waals surface area contributed by atoms with Crippen molar-refractivity contribution in [2.45, 2.75) is 6.92 Å². The minimum atomic E-state index is -0.361. The van der Waals surface area contributed by atoms with E-state index in [4.69, 9.17) is 6.42 Å². The zero-order valence-electron chi connectivity index (χ0n) is 7.63. The number of terminal acetylenes is 1. The van der Waals surface area contributed by atoms with Crippen molar-refractivity contribution in [1.29, 1.82) is 0 Å². The molecule has 0 saturated carbocycles. The van der Waals surface area contributed by atoms with E-state index in [0.29, 0.717) is 11.1 Å². The Kier molecular flexibility index (Phi) is 2.71. The van der Waals surface area contributed by atoms with Crippen molar-refractivity contribution in [3.8, 4) is 12.3 Å². The van der Waals surface area contributed by atoms with Crippen molar-refractivity contribution < 1.29 is 9.53 Å². The van der Waals surface area contributed by atoms with Crippen molar-refractivity contribution in [2.75, 3.05) is 7.11 Å². The van der Waals surface area contributed by atoms with Crippen molar-refractivity contribution in [3.05, 3.63) is 34.9 Å². The Balaban J connectivity index is 3.17. The lowest BCUT2D eigenvalue weighted by Gasteiger charge is -2.01. The van der Waals surface area contributed by atoms with Crippen LogP contribution in [0.1, 0.15) is 21.5 Å². The monoisotopic (exact) mass is 174 g/mol. The highest BCUT2D eigenvalue weighted by Crippen LogP contribution is 2.09. The lowest BCUT2D eigenvalue weighted by Crippen LogP contribution is -2.01. The predicted octanol–water partition coefficient (Wildman–Crippen LogP) is 1.76. The SMILES string of the molecule is C#Cc1cc(C)cc(C(=O)OC)c1. The van der Waals surface area contributed by atoms with Gasteiger partial charge in [-0.3, -0.25) is 0 Å². The van der Waals surface area contributed by atoms with E-state index < -0.39 is 0 Å². The first kappa shape index (κ1) is 9.34. The molecule has 0 aliphatic heterocycles. The zero-order valence-corrected chi connectivity index (χ0v) is 7.63. The van der Waals surface area contributed by atoms with Crippen LogP contribution in [0.2, 0.25) is 0 Å². The molecule has 1 aromatic carbocycles. The Bertz CT molecular complexity index is 372. The molecule has 13 heavy (non-hydrogen) atoms. The summed E-state index contributed by atoms with van der Waals surface area (Å²) in [5.74, 6) is 2.12. The molecule has 0 aromatic heterocycles. The maximum absolute atomic E-state index is 11.1. The van der Waals surface area contributed by atoms with Crippen molar-refractivity contribution >= 4 is 5.97 Å². The molecule has 0 amide bonds. The van der Waals surface area contributed by atoms with Crippen LogP contribution in [0.4, 0.5) is 0 Å². The summed E-state index contributed by atoms with van der Waals surface area (Å²) in [5.41, 5.74) is 2.15. The predicted molar refractivity (Wildman–Crippen MR) is 50.5 cm³/mol. The number of aryl methyl sites for hydroxylation is 1. The van der Waals surface area contributed by atoms with Gasteiger partial charge in [-0.2, -0.15) is 0 Å². The fraction of sp³-hybridized carbons (Fsp3) is 0.182. The number of carbonyl (C=O) groups is 1. The number of benzene rings is 1. The second kappa shape index (κ2) is 3.77. The van der Waals surface area contributed by atoms with Crippen molar-refractivity contribution in [3.63, 3.8) is 0 Å². The van der Waals surface area contributed by atoms with Crippen molar-refractivity contribution in [2.24, 2.45) is 0 Å². The maximum atomic E-state index is 11.1. The molecule has 66 valence electrons. The number of methoxy groups -OCH3 is 1. The highest BCUT2D eigenvalue weighted by molar-refractivity contribution is 5.90. The van der Waals surface area contributed by atoms with Gasteiger partial charge in [0.25, 0.3) is 0 Å². The van der Waals surface area contributed by atoms with E-state index in [-0.39, 0.29) is 5.97 Å². The maximum Gasteiger partial charge on any atom is 0.337 e. The molecule has 0 unspecified atom stereocenters. The summed E-state index contributed by atoms with van der Waals surface area (Å²) < 4.78 is 4.58. The molecule has 0 aliphatic rings. The number of ether oxygens (including phenoxy) is 1. The summed E-state index contributed by atoms with van der Waals surface area (Å²) in [7, 11) is 1.35. The molecule has 0 heterocycles. The molecule has 1 aromatic rings. The van der Waals surface area contributed by atoms with Crippen LogP contribution in [0.5, 0.6) is 0 Å². The standard InChI is InChI=1S/C11H10O2/c1-4-9-5-8(2)6-10(7-9)11(12)13-3/h1,5-7H,2-3H3. The van der Waals surface area contributed by atoms with Crippen molar-refractivity contribution in [1.82, 2.24) is 0 Å². The Morgan fingerprint density at radius 2 is 2.15 bits per heavy atom. The number of hydrogen-bond acceptors (Lipinski definition) is 2. The molecule has 0 spiro atoms. The first-order valence-electron chi connectivity index (χ1n) is 3.84. The van der Waals surface area contributed by atoms with Gasteiger partial charge in [0, 0.05) is 5.56 Å². The molecular formula is C11H10O2. The minimum Gasteiger partial charge on any atom is -0.465 e. The average molecular weight is 174 g/mol. The van der Waals surface area contributed by atoms with Crippen LogP contribution < -0.4 is 0 Å². The third-order valence-corrected chi connectivity index (χ3v) is 1.67. The summed E-state index contributed by atoms with van der Waals surface area (Å²) >= 11 is 0. The molecule has 0 saturated heterocycles. The second-order valence-electron chi connectivity index (χ2n) is 2.72. The Labute approximate surface area is 77.5 Å². The van der Waals surface area contributed by atoms with E-state index >= 15 is 0 Å². The van der Waals surface area contributed by atoms with E-state index in [1.54, 1.807) is 12.1 Å². The zero-order chi connectivity index (χ0) is 9.84. The highest BCUT2D eigenvalue weighted by Gasteiger charge is 2.05. The molecule has 2 nitrogen and oxygen atoms in total. The highest BCUT2D eigenvalue weighted by atomic mass is 16.5. The Morgan fingerprint density at radius 1 is 1.46 bits per heavy atom. The van der Waals surface area contributed by atoms with Gasteiger partial charge in [0.15, 0.2) is 0 Å². The van der Waals surface area contributed by atoms with Crippen LogP contribution in [0, 0.1) is 19.3 Å². The van der Waals surface area contributed by atoms with E-state index in [1.165, 1.54) is 7.11 Å². The molecule has 0 N–H and O–H groups in total. The smallest absolute Gasteiger partial charge is 0.337 e. The first-order chi connectivity index (χ1) is 6.17. The molecular weight excluding hydrogens is 164 g/mol. The Hall–Kier alpha value is -1.75. The number of rotatable bonds is 1. The summed E-state index contributed by atoms with van der Waals surface area (Å²) in [6, 6.07) is 5.22. The van der Waals surface area contributed by atoms with Crippen LogP contribution in [-0.4, -0.2) is 13.1 Å². The van der Waals surface area contributed by atoms with Crippen LogP contribution in [0.3, 0.4) is 0 Å². The number of carbonyl (C=O) groups excluding carboxylic acids is 1. The van der Waals surface area contributed by atoms with Crippen LogP contribution >= 0.6 is 0 Å². The molecule has 0 radical (unpaired) electrons. The molecule has 0 aliphatic carbocycles. The van der Waals surface area contributed by atoms with Gasteiger partial charge in [-0.1, -0.05) is 5.92 Å². The van der Waals surface area contributed by atoms with Gasteiger partial charge in [0.1, 0.15) is 0 Å².